The normalized spacial score (nSPS) is 12.6. The summed E-state index contributed by atoms with van der Waals surface area (Å²) < 4.78 is 7.16. The Morgan fingerprint density at radius 1 is 1.15 bits per heavy atom. The van der Waals surface area contributed by atoms with Crippen LogP contribution in [0.15, 0.2) is 36.5 Å². The maximum atomic E-state index is 13.5. The number of allylic oxidation sites excluding steroid dienone is 1. The van der Waals surface area contributed by atoms with Crippen molar-refractivity contribution >= 4 is 29.3 Å². The SMILES string of the molecule is COc1ccc(CNC(=O)C(CC(C)C)n2cc(/C=C/C=O)c3c(C)nc(C(C)C)nc32)cc1. The van der Waals surface area contributed by atoms with Gasteiger partial charge < -0.3 is 14.6 Å². The first-order chi connectivity index (χ1) is 16.2. The predicted octanol–water partition coefficient (Wildman–Crippen LogP) is 4.99. The van der Waals surface area contributed by atoms with Crippen molar-refractivity contribution < 1.29 is 14.3 Å². The van der Waals surface area contributed by atoms with Crippen LogP contribution < -0.4 is 10.1 Å². The third kappa shape index (κ3) is 5.71. The molecule has 0 aliphatic rings. The number of amides is 1. The number of nitrogens with one attached hydrogen (secondary N) is 1. The number of methoxy groups -OCH3 is 1. The van der Waals surface area contributed by atoms with Gasteiger partial charge in [0.25, 0.3) is 0 Å². The lowest BCUT2D eigenvalue weighted by Crippen LogP contribution is -2.33. The summed E-state index contributed by atoms with van der Waals surface area (Å²) in [5, 5.41) is 3.95. The molecule has 1 amide bonds. The van der Waals surface area contributed by atoms with Crippen molar-refractivity contribution in [3.8, 4) is 5.75 Å². The van der Waals surface area contributed by atoms with E-state index in [4.69, 9.17) is 9.72 Å². The highest BCUT2D eigenvalue weighted by atomic mass is 16.5. The molecule has 0 aliphatic heterocycles. The molecule has 0 saturated heterocycles. The van der Waals surface area contributed by atoms with E-state index in [1.807, 2.05) is 55.8 Å². The van der Waals surface area contributed by atoms with E-state index in [1.54, 1.807) is 13.2 Å². The van der Waals surface area contributed by atoms with Gasteiger partial charge in [0, 0.05) is 29.6 Å². The summed E-state index contributed by atoms with van der Waals surface area (Å²) in [7, 11) is 1.63. The molecule has 1 unspecified atom stereocenters. The number of carbonyl (C=O) groups is 2. The Kier molecular flexibility index (Phi) is 8.21. The number of nitrogens with zero attached hydrogens (tertiary/aromatic N) is 3. The van der Waals surface area contributed by atoms with E-state index in [1.165, 1.54) is 6.08 Å². The molecule has 7 nitrogen and oxygen atoms in total. The van der Waals surface area contributed by atoms with Gasteiger partial charge in [0.1, 0.15) is 29.5 Å². The van der Waals surface area contributed by atoms with Gasteiger partial charge in [-0.1, -0.05) is 39.8 Å². The standard InChI is InChI=1S/C27H34N4O3/c1-17(2)14-23(27(33)28-15-20-9-11-22(34-6)12-10-20)31-16-21(8-7-13-32)24-19(5)29-25(18(3)4)30-26(24)31/h7-13,16-18,23H,14-15H2,1-6H3,(H,28,33)/b8-7+. The minimum atomic E-state index is -0.451. The zero-order valence-electron chi connectivity index (χ0n) is 20.8. The Morgan fingerprint density at radius 3 is 2.44 bits per heavy atom. The number of hydrogen-bond donors (Lipinski definition) is 1. The van der Waals surface area contributed by atoms with Crippen LogP contribution in [0.2, 0.25) is 0 Å². The van der Waals surface area contributed by atoms with Crippen LogP contribution in [0.4, 0.5) is 0 Å². The van der Waals surface area contributed by atoms with Gasteiger partial charge in [0.15, 0.2) is 0 Å². The van der Waals surface area contributed by atoms with Gasteiger partial charge in [-0.05, 0) is 49.1 Å². The number of fused-ring (bicyclic) bond motifs is 1. The maximum Gasteiger partial charge on any atom is 0.243 e. The van der Waals surface area contributed by atoms with Crippen molar-refractivity contribution in [2.24, 2.45) is 5.92 Å². The zero-order chi connectivity index (χ0) is 24.8. The molecule has 2 aromatic heterocycles. The van der Waals surface area contributed by atoms with E-state index in [-0.39, 0.29) is 17.7 Å². The minimum absolute atomic E-state index is 0.0744. The van der Waals surface area contributed by atoms with E-state index in [2.05, 4.69) is 24.1 Å². The van der Waals surface area contributed by atoms with Crippen LogP contribution in [0.5, 0.6) is 5.75 Å². The van der Waals surface area contributed by atoms with E-state index < -0.39 is 6.04 Å². The topological polar surface area (TPSA) is 86.1 Å². The van der Waals surface area contributed by atoms with Crippen LogP contribution >= 0.6 is 0 Å². The lowest BCUT2D eigenvalue weighted by molar-refractivity contribution is -0.124. The molecule has 2 heterocycles. The molecule has 0 radical (unpaired) electrons. The molecule has 1 aromatic carbocycles. The molecule has 3 aromatic rings. The lowest BCUT2D eigenvalue weighted by Gasteiger charge is -2.21. The van der Waals surface area contributed by atoms with Gasteiger partial charge in [-0.25, -0.2) is 9.97 Å². The minimum Gasteiger partial charge on any atom is -0.497 e. The largest absolute Gasteiger partial charge is 0.497 e. The summed E-state index contributed by atoms with van der Waals surface area (Å²) >= 11 is 0. The molecule has 0 spiro atoms. The van der Waals surface area contributed by atoms with Gasteiger partial charge in [0.05, 0.1) is 12.8 Å². The van der Waals surface area contributed by atoms with Gasteiger partial charge in [0.2, 0.25) is 5.91 Å². The van der Waals surface area contributed by atoms with Gasteiger partial charge in [-0.2, -0.15) is 0 Å². The van der Waals surface area contributed by atoms with E-state index in [0.29, 0.717) is 18.6 Å². The van der Waals surface area contributed by atoms with E-state index in [9.17, 15) is 9.59 Å². The third-order valence-electron chi connectivity index (χ3n) is 5.73. The van der Waals surface area contributed by atoms with Crippen LogP contribution in [-0.2, 0) is 16.1 Å². The third-order valence-corrected chi connectivity index (χ3v) is 5.73. The second-order valence-corrected chi connectivity index (χ2v) is 9.22. The first-order valence-electron chi connectivity index (χ1n) is 11.7. The Morgan fingerprint density at radius 2 is 1.85 bits per heavy atom. The number of aryl methyl sites for hydroxylation is 1. The van der Waals surface area contributed by atoms with Crippen LogP contribution in [0, 0.1) is 12.8 Å². The monoisotopic (exact) mass is 462 g/mol. The van der Waals surface area contributed by atoms with Gasteiger partial charge in [-0.15, -0.1) is 0 Å². The molecule has 0 saturated carbocycles. The quantitative estimate of drug-likeness (QED) is 0.339. The van der Waals surface area contributed by atoms with Crippen LogP contribution in [0.25, 0.3) is 17.1 Å². The van der Waals surface area contributed by atoms with Crippen LogP contribution in [-0.4, -0.2) is 33.8 Å². The first-order valence-corrected chi connectivity index (χ1v) is 11.7. The fourth-order valence-electron chi connectivity index (χ4n) is 3.99. The molecular weight excluding hydrogens is 428 g/mol. The Labute approximate surface area is 201 Å². The number of rotatable bonds is 10. The summed E-state index contributed by atoms with van der Waals surface area (Å²) in [6.45, 7) is 10.7. The highest BCUT2D eigenvalue weighted by Crippen LogP contribution is 2.30. The molecular formula is C27H34N4O3. The highest BCUT2D eigenvalue weighted by molar-refractivity contribution is 5.92. The molecule has 7 heteroatoms. The number of ether oxygens (including phenoxy) is 1. The summed E-state index contributed by atoms with van der Waals surface area (Å²) in [5.41, 5.74) is 3.36. The van der Waals surface area contributed by atoms with E-state index >= 15 is 0 Å². The second kappa shape index (κ2) is 11.1. The molecule has 34 heavy (non-hydrogen) atoms. The Bertz CT molecular complexity index is 1180. The first kappa shape index (κ1) is 25.1. The smallest absolute Gasteiger partial charge is 0.243 e. The van der Waals surface area contributed by atoms with Crippen molar-refractivity contribution in [2.45, 2.75) is 59.5 Å². The summed E-state index contributed by atoms with van der Waals surface area (Å²) in [6, 6.07) is 7.19. The van der Waals surface area contributed by atoms with Crippen molar-refractivity contribution in [2.75, 3.05) is 7.11 Å². The predicted molar refractivity (Wildman–Crippen MR) is 135 cm³/mol. The number of aldehydes is 1. The summed E-state index contributed by atoms with van der Waals surface area (Å²) in [4.78, 5) is 34.0. The molecule has 3 rings (SSSR count). The molecule has 1 N–H and O–H groups in total. The number of carbonyl (C=O) groups excluding carboxylic acids is 2. The Balaban J connectivity index is 2.03. The van der Waals surface area contributed by atoms with Crippen molar-refractivity contribution in [1.82, 2.24) is 19.9 Å². The van der Waals surface area contributed by atoms with Crippen molar-refractivity contribution in [1.29, 1.82) is 0 Å². The number of hydrogen-bond acceptors (Lipinski definition) is 5. The van der Waals surface area contributed by atoms with Gasteiger partial charge >= 0.3 is 0 Å². The number of aromatic nitrogens is 3. The average molecular weight is 463 g/mol. The van der Waals surface area contributed by atoms with E-state index in [0.717, 1.165) is 40.1 Å². The molecule has 0 bridgehead atoms. The number of benzene rings is 1. The molecule has 0 aliphatic carbocycles. The van der Waals surface area contributed by atoms with Crippen LogP contribution in [0.1, 0.15) is 68.7 Å². The highest BCUT2D eigenvalue weighted by Gasteiger charge is 2.26. The fraction of sp³-hybridized carbons (Fsp3) is 0.407. The van der Waals surface area contributed by atoms with Gasteiger partial charge in [-0.3, -0.25) is 9.59 Å². The molecule has 1 atom stereocenters. The summed E-state index contributed by atoms with van der Waals surface area (Å²) in [6.07, 6.45) is 6.51. The van der Waals surface area contributed by atoms with Crippen molar-refractivity contribution in [3.05, 3.63) is 59.2 Å². The molecule has 180 valence electrons. The second-order valence-electron chi connectivity index (χ2n) is 9.22. The molecule has 0 fully saturated rings. The van der Waals surface area contributed by atoms with Crippen molar-refractivity contribution in [3.63, 3.8) is 0 Å². The lowest BCUT2D eigenvalue weighted by atomic mass is 10.0. The fourth-order valence-corrected chi connectivity index (χ4v) is 3.99. The maximum absolute atomic E-state index is 13.5. The Hall–Kier alpha value is -3.48. The summed E-state index contributed by atoms with van der Waals surface area (Å²) in [5.74, 6) is 1.87. The zero-order valence-corrected chi connectivity index (χ0v) is 20.8. The van der Waals surface area contributed by atoms with Crippen LogP contribution in [0.3, 0.4) is 0 Å². The average Bonchev–Trinajstić information content (AvgIpc) is 3.18.